The number of unbranched alkanes of at least 4 members (excludes halogenated alkanes) is 1. The summed E-state index contributed by atoms with van der Waals surface area (Å²) in [6.45, 7) is 2.61. The van der Waals surface area contributed by atoms with E-state index in [4.69, 9.17) is 15.2 Å². The van der Waals surface area contributed by atoms with E-state index in [9.17, 15) is 4.79 Å². The van der Waals surface area contributed by atoms with Crippen molar-refractivity contribution in [2.75, 3.05) is 20.8 Å². The van der Waals surface area contributed by atoms with Gasteiger partial charge in [0.05, 0.1) is 14.2 Å². The van der Waals surface area contributed by atoms with Gasteiger partial charge in [-0.25, -0.2) is 0 Å². The summed E-state index contributed by atoms with van der Waals surface area (Å²) in [5, 5.41) is 3.00. The van der Waals surface area contributed by atoms with Gasteiger partial charge in [0.2, 0.25) is 5.91 Å². The zero-order chi connectivity index (χ0) is 16.4. The molecule has 132 valence electrons. The van der Waals surface area contributed by atoms with Crippen molar-refractivity contribution in [1.29, 1.82) is 0 Å². The SMILES string of the molecule is CCCCC(CN)NC(=O)CCc1cc(OC)ccc1OC.Cl. The van der Waals surface area contributed by atoms with Gasteiger partial charge in [0.25, 0.3) is 0 Å². The minimum Gasteiger partial charge on any atom is -0.497 e. The molecule has 0 bridgehead atoms. The van der Waals surface area contributed by atoms with Crippen molar-refractivity contribution in [2.24, 2.45) is 5.73 Å². The summed E-state index contributed by atoms with van der Waals surface area (Å²) in [7, 11) is 3.25. The lowest BCUT2D eigenvalue weighted by atomic mass is 10.1. The van der Waals surface area contributed by atoms with Gasteiger partial charge < -0.3 is 20.5 Å². The van der Waals surface area contributed by atoms with E-state index in [1.807, 2.05) is 18.2 Å². The smallest absolute Gasteiger partial charge is 0.220 e. The number of hydrogen-bond donors (Lipinski definition) is 2. The summed E-state index contributed by atoms with van der Waals surface area (Å²) >= 11 is 0. The van der Waals surface area contributed by atoms with Gasteiger partial charge in [-0.1, -0.05) is 19.8 Å². The Hall–Kier alpha value is -1.46. The Morgan fingerprint density at radius 2 is 2.04 bits per heavy atom. The van der Waals surface area contributed by atoms with Gasteiger partial charge in [-0.2, -0.15) is 0 Å². The average Bonchev–Trinajstić information content (AvgIpc) is 2.56. The van der Waals surface area contributed by atoms with E-state index in [0.29, 0.717) is 19.4 Å². The molecule has 3 N–H and O–H groups in total. The number of nitrogens with two attached hydrogens (primary N) is 1. The molecule has 0 aromatic heterocycles. The Morgan fingerprint density at radius 3 is 2.61 bits per heavy atom. The largest absolute Gasteiger partial charge is 0.497 e. The summed E-state index contributed by atoms with van der Waals surface area (Å²) in [5.74, 6) is 1.56. The lowest BCUT2D eigenvalue weighted by molar-refractivity contribution is -0.121. The van der Waals surface area contributed by atoms with Crippen LogP contribution in [0.5, 0.6) is 11.5 Å². The molecule has 1 unspecified atom stereocenters. The maximum Gasteiger partial charge on any atom is 0.220 e. The predicted octanol–water partition coefficient (Wildman–Crippen LogP) is 2.69. The average molecular weight is 345 g/mol. The zero-order valence-corrected chi connectivity index (χ0v) is 15.1. The monoisotopic (exact) mass is 344 g/mol. The van der Waals surface area contributed by atoms with Gasteiger partial charge >= 0.3 is 0 Å². The zero-order valence-electron chi connectivity index (χ0n) is 14.3. The van der Waals surface area contributed by atoms with Crippen molar-refractivity contribution < 1.29 is 14.3 Å². The van der Waals surface area contributed by atoms with Crippen LogP contribution in [0.1, 0.15) is 38.2 Å². The first-order valence-corrected chi connectivity index (χ1v) is 7.84. The highest BCUT2D eigenvalue weighted by atomic mass is 35.5. The van der Waals surface area contributed by atoms with Crippen LogP contribution >= 0.6 is 12.4 Å². The van der Waals surface area contributed by atoms with Crippen LogP contribution in [0.15, 0.2) is 18.2 Å². The van der Waals surface area contributed by atoms with E-state index in [1.165, 1.54) is 0 Å². The van der Waals surface area contributed by atoms with Crippen LogP contribution in [0.4, 0.5) is 0 Å². The molecule has 23 heavy (non-hydrogen) atoms. The third-order valence-corrected chi connectivity index (χ3v) is 3.66. The van der Waals surface area contributed by atoms with Crippen LogP contribution in [0, 0.1) is 0 Å². The van der Waals surface area contributed by atoms with Crippen LogP contribution in [0.25, 0.3) is 0 Å². The highest BCUT2D eigenvalue weighted by molar-refractivity contribution is 5.85. The lowest BCUT2D eigenvalue weighted by Gasteiger charge is -2.17. The molecule has 5 nitrogen and oxygen atoms in total. The number of benzene rings is 1. The number of methoxy groups -OCH3 is 2. The number of ether oxygens (including phenoxy) is 2. The molecule has 1 rings (SSSR count). The fraction of sp³-hybridized carbons (Fsp3) is 0.588. The number of carbonyl (C=O) groups excluding carboxylic acids is 1. The third-order valence-electron chi connectivity index (χ3n) is 3.66. The lowest BCUT2D eigenvalue weighted by Crippen LogP contribution is -2.40. The first kappa shape index (κ1) is 21.5. The van der Waals surface area contributed by atoms with Gasteiger partial charge in [-0.3, -0.25) is 4.79 Å². The van der Waals surface area contributed by atoms with Gasteiger partial charge in [0.15, 0.2) is 0 Å². The molecular weight excluding hydrogens is 316 g/mol. The van der Waals surface area contributed by atoms with Crippen LogP contribution in [0.2, 0.25) is 0 Å². The van der Waals surface area contributed by atoms with Crippen LogP contribution in [-0.2, 0) is 11.2 Å². The van der Waals surface area contributed by atoms with Crippen LogP contribution in [-0.4, -0.2) is 32.7 Å². The number of hydrogen-bond acceptors (Lipinski definition) is 4. The van der Waals surface area contributed by atoms with Crippen molar-refractivity contribution in [1.82, 2.24) is 5.32 Å². The number of aryl methyl sites for hydroxylation is 1. The summed E-state index contributed by atoms with van der Waals surface area (Å²) in [4.78, 5) is 12.1. The van der Waals surface area contributed by atoms with E-state index < -0.39 is 0 Å². The van der Waals surface area contributed by atoms with Gasteiger partial charge in [0.1, 0.15) is 11.5 Å². The molecule has 0 heterocycles. The summed E-state index contributed by atoms with van der Waals surface area (Å²) in [6.07, 6.45) is 4.13. The molecule has 1 amide bonds. The van der Waals surface area contributed by atoms with Crippen molar-refractivity contribution >= 4 is 18.3 Å². The number of carbonyl (C=O) groups is 1. The van der Waals surface area contributed by atoms with Crippen molar-refractivity contribution in [3.05, 3.63) is 23.8 Å². The van der Waals surface area contributed by atoms with Crippen molar-refractivity contribution in [3.63, 3.8) is 0 Å². The minimum absolute atomic E-state index is 0. The Kier molecular flexibility index (Phi) is 11.3. The molecule has 0 fully saturated rings. The maximum absolute atomic E-state index is 12.1. The number of rotatable bonds is 10. The molecule has 0 aliphatic carbocycles. The minimum atomic E-state index is 0. The Morgan fingerprint density at radius 1 is 1.30 bits per heavy atom. The first-order chi connectivity index (χ1) is 10.6. The maximum atomic E-state index is 12.1. The quantitative estimate of drug-likeness (QED) is 0.684. The highest BCUT2D eigenvalue weighted by Gasteiger charge is 2.12. The van der Waals surface area contributed by atoms with Crippen LogP contribution < -0.4 is 20.5 Å². The van der Waals surface area contributed by atoms with E-state index in [-0.39, 0.29) is 24.4 Å². The van der Waals surface area contributed by atoms with E-state index in [0.717, 1.165) is 36.3 Å². The van der Waals surface area contributed by atoms with E-state index in [1.54, 1.807) is 14.2 Å². The molecule has 1 atom stereocenters. The molecule has 1 aromatic rings. The summed E-state index contributed by atoms with van der Waals surface area (Å²) < 4.78 is 10.5. The Bertz CT molecular complexity index is 469. The highest BCUT2D eigenvalue weighted by Crippen LogP contribution is 2.25. The number of nitrogens with one attached hydrogen (secondary N) is 1. The molecule has 0 radical (unpaired) electrons. The second-order valence-corrected chi connectivity index (χ2v) is 5.32. The normalized spacial score (nSPS) is 11.3. The Labute approximate surface area is 145 Å². The van der Waals surface area contributed by atoms with Gasteiger partial charge in [0, 0.05) is 19.0 Å². The molecule has 0 saturated heterocycles. The van der Waals surface area contributed by atoms with Gasteiger partial charge in [-0.05, 0) is 36.6 Å². The summed E-state index contributed by atoms with van der Waals surface area (Å²) in [6, 6.07) is 5.68. The predicted molar refractivity (Wildman–Crippen MR) is 95.6 cm³/mol. The molecule has 0 saturated carbocycles. The topological polar surface area (TPSA) is 73.6 Å². The standard InChI is InChI=1S/C17H28N2O3.ClH/c1-4-5-6-14(12-18)19-17(20)10-7-13-11-15(21-2)8-9-16(13)22-3;/h8-9,11,14H,4-7,10,12,18H2,1-3H3,(H,19,20);1H. The van der Waals surface area contributed by atoms with Gasteiger partial charge in [-0.15, -0.1) is 12.4 Å². The Balaban J connectivity index is 0.00000484. The fourth-order valence-corrected chi connectivity index (χ4v) is 2.32. The molecule has 1 aromatic carbocycles. The van der Waals surface area contributed by atoms with E-state index >= 15 is 0 Å². The summed E-state index contributed by atoms with van der Waals surface area (Å²) in [5.41, 5.74) is 6.67. The number of amides is 1. The van der Waals surface area contributed by atoms with E-state index in [2.05, 4.69) is 12.2 Å². The molecule has 0 spiro atoms. The van der Waals surface area contributed by atoms with Crippen molar-refractivity contribution in [3.8, 4) is 11.5 Å². The molecule has 6 heteroatoms. The first-order valence-electron chi connectivity index (χ1n) is 7.84. The molecular formula is C17H29ClN2O3. The van der Waals surface area contributed by atoms with Crippen molar-refractivity contribution in [2.45, 2.75) is 45.1 Å². The van der Waals surface area contributed by atoms with Crippen LogP contribution in [0.3, 0.4) is 0 Å². The number of halogens is 1. The fourth-order valence-electron chi connectivity index (χ4n) is 2.32. The molecule has 0 aliphatic heterocycles. The second kappa shape index (κ2) is 12.0. The second-order valence-electron chi connectivity index (χ2n) is 5.32. The molecule has 0 aliphatic rings. The third kappa shape index (κ3) is 7.57.